The maximum absolute atomic E-state index is 12.2. The van der Waals surface area contributed by atoms with Crippen molar-refractivity contribution in [2.75, 3.05) is 19.6 Å². The molecule has 1 aliphatic heterocycles. The van der Waals surface area contributed by atoms with Gasteiger partial charge in [-0.05, 0) is 80.0 Å². The van der Waals surface area contributed by atoms with Gasteiger partial charge < -0.3 is 5.32 Å². The normalized spacial score (nSPS) is 14.2. The second kappa shape index (κ2) is 8.96. The van der Waals surface area contributed by atoms with Crippen LogP contribution in [0.2, 0.25) is 0 Å². The highest BCUT2D eigenvalue weighted by Gasteiger charge is 2.16. The van der Waals surface area contributed by atoms with Gasteiger partial charge in [0.25, 0.3) is 5.91 Å². The molecule has 1 fully saturated rings. The summed E-state index contributed by atoms with van der Waals surface area (Å²) in [4.78, 5) is 19.3. The van der Waals surface area contributed by atoms with Crippen molar-refractivity contribution in [2.24, 2.45) is 0 Å². The predicted octanol–water partition coefficient (Wildman–Crippen LogP) is 4.51. The lowest BCUT2D eigenvalue weighted by Crippen LogP contribution is -2.22. The van der Waals surface area contributed by atoms with E-state index in [4.69, 9.17) is 4.98 Å². The topological polar surface area (TPSA) is 103 Å². The summed E-state index contributed by atoms with van der Waals surface area (Å²) in [6.07, 6.45) is 2.50. The van der Waals surface area contributed by atoms with Crippen molar-refractivity contribution in [3.63, 3.8) is 0 Å². The summed E-state index contributed by atoms with van der Waals surface area (Å²) < 4.78 is 0. The molecule has 1 aliphatic rings. The smallest absolute Gasteiger partial charge is 0.251 e. The highest BCUT2D eigenvalue weighted by molar-refractivity contribution is 6.01. The van der Waals surface area contributed by atoms with Crippen LogP contribution in [0.5, 0.6) is 0 Å². The van der Waals surface area contributed by atoms with E-state index in [-0.39, 0.29) is 5.91 Å². The minimum Gasteiger partial charge on any atom is -0.352 e. The zero-order valence-electron chi connectivity index (χ0n) is 19.6. The van der Waals surface area contributed by atoms with E-state index in [0.717, 1.165) is 69.8 Å². The van der Waals surface area contributed by atoms with Gasteiger partial charge in [-0.2, -0.15) is 10.2 Å². The molecule has 5 aromatic rings. The monoisotopic (exact) mass is 465 g/mol. The largest absolute Gasteiger partial charge is 0.352 e. The Morgan fingerprint density at radius 1 is 0.943 bits per heavy atom. The number of rotatable bonds is 6. The van der Waals surface area contributed by atoms with Crippen molar-refractivity contribution in [1.29, 1.82) is 0 Å². The van der Waals surface area contributed by atoms with E-state index in [2.05, 4.69) is 48.8 Å². The van der Waals surface area contributed by atoms with Crippen LogP contribution in [-0.2, 0) is 6.54 Å². The Morgan fingerprint density at radius 3 is 2.60 bits per heavy atom. The standard InChI is InChI=1S/C27H27N7O/c1-2-28-27(35)21-8-6-17-13-19(7-5-18(17)14-21)25-22-15-20(9-10-23(22)30-32-25)26-29-24(31-33-26)16-34-11-3-4-12-34/h5-10,13-15H,2-4,11-12,16H2,1H3,(H,28,35)(H,30,32)(H,29,31,33). The average Bonchev–Trinajstić information content (AvgIpc) is 3.65. The third-order valence-corrected chi connectivity index (χ3v) is 6.64. The summed E-state index contributed by atoms with van der Waals surface area (Å²) >= 11 is 0. The molecule has 1 saturated heterocycles. The van der Waals surface area contributed by atoms with Crippen LogP contribution in [-0.4, -0.2) is 55.8 Å². The third-order valence-electron chi connectivity index (χ3n) is 6.64. The molecule has 8 nitrogen and oxygen atoms in total. The molecule has 0 saturated carbocycles. The molecule has 1 amide bonds. The van der Waals surface area contributed by atoms with Crippen LogP contribution in [0.15, 0.2) is 54.6 Å². The molecule has 176 valence electrons. The first-order valence-electron chi connectivity index (χ1n) is 12.1. The maximum Gasteiger partial charge on any atom is 0.251 e. The van der Waals surface area contributed by atoms with Crippen molar-refractivity contribution in [1.82, 2.24) is 35.6 Å². The van der Waals surface area contributed by atoms with Crippen molar-refractivity contribution in [2.45, 2.75) is 26.3 Å². The van der Waals surface area contributed by atoms with Crippen molar-refractivity contribution >= 4 is 27.6 Å². The highest BCUT2D eigenvalue weighted by Crippen LogP contribution is 2.31. The van der Waals surface area contributed by atoms with Gasteiger partial charge in [-0.15, -0.1) is 0 Å². The molecular weight excluding hydrogens is 438 g/mol. The number of nitrogens with one attached hydrogen (secondary N) is 3. The second-order valence-electron chi connectivity index (χ2n) is 9.05. The minimum atomic E-state index is -0.0553. The van der Waals surface area contributed by atoms with E-state index in [0.29, 0.717) is 12.1 Å². The molecule has 3 heterocycles. The van der Waals surface area contributed by atoms with E-state index in [1.165, 1.54) is 12.8 Å². The van der Waals surface area contributed by atoms with Crippen LogP contribution in [0.3, 0.4) is 0 Å². The van der Waals surface area contributed by atoms with Gasteiger partial charge in [0, 0.05) is 28.6 Å². The first-order chi connectivity index (χ1) is 17.2. The molecule has 2 aromatic heterocycles. The number of H-pyrrole nitrogens is 2. The first-order valence-corrected chi connectivity index (χ1v) is 12.1. The van der Waals surface area contributed by atoms with Crippen LogP contribution < -0.4 is 5.32 Å². The Kier molecular flexibility index (Phi) is 5.50. The van der Waals surface area contributed by atoms with Gasteiger partial charge in [-0.25, -0.2) is 4.98 Å². The Bertz CT molecular complexity index is 1530. The number of aromatic amines is 2. The lowest BCUT2D eigenvalue weighted by atomic mass is 10.0. The Hall–Kier alpha value is -4.04. The molecule has 35 heavy (non-hydrogen) atoms. The van der Waals surface area contributed by atoms with Crippen molar-refractivity contribution in [3.8, 4) is 22.6 Å². The van der Waals surface area contributed by atoms with E-state index in [1.807, 2.05) is 43.3 Å². The first kappa shape index (κ1) is 21.5. The zero-order chi connectivity index (χ0) is 23.8. The lowest BCUT2D eigenvalue weighted by Gasteiger charge is -2.10. The molecule has 0 bridgehead atoms. The molecule has 0 aliphatic carbocycles. The molecule has 3 N–H and O–H groups in total. The minimum absolute atomic E-state index is 0.0553. The van der Waals surface area contributed by atoms with E-state index in [1.54, 1.807) is 0 Å². The number of aromatic nitrogens is 5. The van der Waals surface area contributed by atoms with Gasteiger partial charge in [0.2, 0.25) is 0 Å². The molecule has 0 radical (unpaired) electrons. The number of hydrogen-bond donors (Lipinski definition) is 3. The number of benzene rings is 3. The molecule has 0 spiro atoms. The van der Waals surface area contributed by atoms with Crippen LogP contribution in [0.4, 0.5) is 0 Å². The molecule has 8 heteroatoms. The van der Waals surface area contributed by atoms with E-state index < -0.39 is 0 Å². The summed E-state index contributed by atoms with van der Waals surface area (Å²) in [6, 6.07) is 18.2. The van der Waals surface area contributed by atoms with Crippen molar-refractivity contribution < 1.29 is 4.79 Å². The summed E-state index contributed by atoms with van der Waals surface area (Å²) in [6.45, 7) is 5.55. The number of hydrogen-bond acceptors (Lipinski definition) is 5. The Balaban J connectivity index is 1.31. The lowest BCUT2D eigenvalue weighted by molar-refractivity contribution is 0.0956. The fourth-order valence-electron chi connectivity index (χ4n) is 4.82. The van der Waals surface area contributed by atoms with Crippen LogP contribution in [0.1, 0.15) is 35.9 Å². The Morgan fingerprint density at radius 2 is 1.74 bits per heavy atom. The second-order valence-corrected chi connectivity index (χ2v) is 9.05. The van der Waals surface area contributed by atoms with Gasteiger partial charge in [-0.1, -0.05) is 18.2 Å². The molecule has 0 atom stereocenters. The fourth-order valence-corrected chi connectivity index (χ4v) is 4.82. The van der Waals surface area contributed by atoms with Gasteiger partial charge in [0.05, 0.1) is 17.8 Å². The number of amides is 1. The van der Waals surface area contributed by atoms with E-state index >= 15 is 0 Å². The summed E-state index contributed by atoms with van der Waals surface area (Å²) in [5.74, 6) is 1.54. The third kappa shape index (κ3) is 4.17. The van der Waals surface area contributed by atoms with Crippen LogP contribution in [0, 0.1) is 0 Å². The van der Waals surface area contributed by atoms with Crippen LogP contribution >= 0.6 is 0 Å². The average molecular weight is 466 g/mol. The number of carbonyl (C=O) groups is 1. The van der Waals surface area contributed by atoms with E-state index in [9.17, 15) is 4.79 Å². The maximum atomic E-state index is 12.2. The summed E-state index contributed by atoms with van der Waals surface area (Å²) in [7, 11) is 0. The SMILES string of the molecule is CCNC(=O)c1ccc2cc(-c3n[nH]c4ccc(-c5nc(CN6CCCC6)n[nH]5)cc34)ccc2c1. The van der Waals surface area contributed by atoms with Crippen molar-refractivity contribution in [3.05, 3.63) is 66.0 Å². The molecule has 3 aromatic carbocycles. The van der Waals surface area contributed by atoms with Crippen LogP contribution in [0.25, 0.3) is 44.3 Å². The summed E-state index contributed by atoms with van der Waals surface area (Å²) in [5, 5.41) is 21.3. The quantitative estimate of drug-likeness (QED) is 0.342. The zero-order valence-corrected chi connectivity index (χ0v) is 19.6. The van der Waals surface area contributed by atoms with Gasteiger partial charge in [0.1, 0.15) is 0 Å². The number of likely N-dealkylation sites (tertiary alicyclic amines) is 1. The molecule has 0 unspecified atom stereocenters. The number of carbonyl (C=O) groups excluding carboxylic acids is 1. The number of fused-ring (bicyclic) bond motifs is 2. The number of nitrogens with zero attached hydrogens (tertiary/aromatic N) is 4. The fraction of sp³-hybridized carbons (Fsp3) is 0.259. The predicted molar refractivity (Wildman–Crippen MR) is 137 cm³/mol. The highest BCUT2D eigenvalue weighted by atomic mass is 16.1. The van der Waals surface area contributed by atoms with Gasteiger partial charge in [0.15, 0.2) is 11.6 Å². The molecular formula is C27H27N7O. The molecule has 6 rings (SSSR count). The van der Waals surface area contributed by atoms with Gasteiger partial charge >= 0.3 is 0 Å². The van der Waals surface area contributed by atoms with Gasteiger partial charge in [-0.3, -0.25) is 19.9 Å². The summed E-state index contributed by atoms with van der Waals surface area (Å²) in [5.41, 5.74) is 4.50. The Labute approximate surface area is 202 Å².